The van der Waals surface area contributed by atoms with E-state index in [-0.39, 0.29) is 11.6 Å². The predicted octanol–water partition coefficient (Wildman–Crippen LogP) is 8.08. The molecule has 0 amide bonds. The first-order chi connectivity index (χ1) is 13.6. The standard InChI is InChI=1S/C26H39FO/c1-3-5-7-26(28)23-16-17-24(25(27)18-23)22-14-12-21(13-15-22)20-10-8-19(6-4-2)9-11-20/h16-22H,3-15H2,1-2H3. The van der Waals surface area contributed by atoms with E-state index in [0.717, 1.165) is 49.0 Å². The van der Waals surface area contributed by atoms with E-state index in [2.05, 4.69) is 13.8 Å². The van der Waals surface area contributed by atoms with Crippen LogP contribution >= 0.6 is 0 Å². The van der Waals surface area contributed by atoms with Gasteiger partial charge < -0.3 is 0 Å². The van der Waals surface area contributed by atoms with E-state index in [1.54, 1.807) is 0 Å². The molecule has 0 aromatic heterocycles. The van der Waals surface area contributed by atoms with Crippen LogP contribution in [0.4, 0.5) is 4.39 Å². The minimum absolute atomic E-state index is 0.0784. The zero-order valence-electron chi connectivity index (χ0n) is 18.0. The molecule has 2 saturated carbocycles. The average molecular weight is 387 g/mol. The summed E-state index contributed by atoms with van der Waals surface area (Å²) < 4.78 is 14.7. The van der Waals surface area contributed by atoms with Crippen LogP contribution in [0.5, 0.6) is 0 Å². The number of carbonyl (C=O) groups excluding carboxylic acids is 1. The van der Waals surface area contributed by atoms with Crippen molar-refractivity contribution >= 4 is 5.78 Å². The van der Waals surface area contributed by atoms with Gasteiger partial charge in [-0.25, -0.2) is 4.39 Å². The summed E-state index contributed by atoms with van der Waals surface area (Å²) in [5.74, 6) is 3.01. The molecule has 0 unspecified atom stereocenters. The Hall–Kier alpha value is -1.18. The summed E-state index contributed by atoms with van der Waals surface area (Å²) in [6.07, 6.45) is 15.6. The van der Waals surface area contributed by atoms with Crippen molar-refractivity contribution in [2.75, 3.05) is 0 Å². The van der Waals surface area contributed by atoms with Crippen LogP contribution in [0.15, 0.2) is 18.2 Å². The van der Waals surface area contributed by atoms with Crippen LogP contribution in [-0.4, -0.2) is 5.78 Å². The Morgan fingerprint density at radius 1 is 0.929 bits per heavy atom. The highest BCUT2D eigenvalue weighted by atomic mass is 19.1. The van der Waals surface area contributed by atoms with E-state index in [0.29, 0.717) is 17.9 Å². The normalized spacial score (nSPS) is 28.2. The molecule has 0 aliphatic heterocycles. The fourth-order valence-corrected chi connectivity index (χ4v) is 5.77. The largest absolute Gasteiger partial charge is 0.294 e. The quantitative estimate of drug-likeness (QED) is 0.413. The summed E-state index contributed by atoms with van der Waals surface area (Å²) in [4.78, 5) is 12.2. The van der Waals surface area contributed by atoms with Gasteiger partial charge in [0.25, 0.3) is 0 Å². The number of ketones is 1. The van der Waals surface area contributed by atoms with Crippen LogP contribution in [0.2, 0.25) is 0 Å². The maximum Gasteiger partial charge on any atom is 0.162 e. The van der Waals surface area contributed by atoms with E-state index < -0.39 is 0 Å². The minimum atomic E-state index is -0.161. The van der Waals surface area contributed by atoms with Gasteiger partial charge in [0.1, 0.15) is 5.82 Å². The average Bonchev–Trinajstić information content (AvgIpc) is 2.73. The number of rotatable bonds is 8. The van der Waals surface area contributed by atoms with Crippen molar-refractivity contribution in [3.63, 3.8) is 0 Å². The summed E-state index contributed by atoms with van der Waals surface area (Å²) in [6.45, 7) is 4.38. The molecular weight excluding hydrogens is 347 g/mol. The summed E-state index contributed by atoms with van der Waals surface area (Å²) >= 11 is 0. The predicted molar refractivity (Wildman–Crippen MR) is 115 cm³/mol. The fraction of sp³-hybridized carbons (Fsp3) is 0.731. The van der Waals surface area contributed by atoms with Crippen molar-refractivity contribution in [1.82, 2.24) is 0 Å². The van der Waals surface area contributed by atoms with Gasteiger partial charge in [-0.1, -0.05) is 58.1 Å². The Balaban J connectivity index is 1.51. The lowest BCUT2D eigenvalue weighted by Gasteiger charge is -2.38. The van der Waals surface area contributed by atoms with Crippen LogP contribution in [-0.2, 0) is 0 Å². The lowest BCUT2D eigenvalue weighted by atomic mass is 9.68. The van der Waals surface area contributed by atoms with Gasteiger partial charge in [0.05, 0.1) is 0 Å². The van der Waals surface area contributed by atoms with Gasteiger partial charge in [0.15, 0.2) is 5.78 Å². The lowest BCUT2D eigenvalue weighted by molar-refractivity contribution is 0.0979. The number of benzene rings is 1. The molecule has 2 fully saturated rings. The third-order valence-electron chi connectivity index (χ3n) is 7.55. The van der Waals surface area contributed by atoms with Gasteiger partial charge in [-0.3, -0.25) is 4.79 Å². The molecule has 1 aromatic carbocycles. The summed E-state index contributed by atoms with van der Waals surface area (Å²) in [5.41, 5.74) is 1.39. The first-order valence-electron chi connectivity index (χ1n) is 11.9. The highest BCUT2D eigenvalue weighted by molar-refractivity contribution is 5.96. The van der Waals surface area contributed by atoms with Gasteiger partial charge >= 0.3 is 0 Å². The molecule has 0 spiro atoms. The van der Waals surface area contributed by atoms with Crippen LogP contribution in [0.25, 0.3) is 0 Å². The number of Topliss-reactive ketones (excluding diaryl/α,β-unsaturated/α-hetero) is 1. The molecule has 0 atom stereocenters. The zero-order chi connectivity index (χ0) is 19.9. The summed E-state index contributed by atoms with van der Waals surface area (Å²) in [6, 6.07) is 5.25. The summed E-state index contributed by atoms with van der Waals surface area (Å²) in [7, 11) is 0. The van der Waals surface area contributed by atoms with E-state index in [1.807, 2.05) is 12.1 Å². The lowest BCUT2D eigenvalue weighted by Crippen LogP contribution is -2.25. The molecular formula is C26H39FO. The number of carbonyl (C=O) groups is 1. The molecule has 1 nitrogen and oxygen atoms in total. The van der Waals surface area contributed by atoms with Gasteiger partial charge in [-0.15, -0.1) is 0 Å². The smallest absolute Gasteiger partial charge is 0.162 e. The number of unbranched alkanes of at least 4 members (excludes halogenated alkanes) is 1. The van der Waals surface area contributed by atoms with Crippen molar-refractivity contribution in [1.29, 1.82) is 0 Å². The van der Waals surface area contributed by atoms with Crippen LogP contribution in [0.3, 0.4) is 0 Å². The van der Waals surface area contributed by atoms with Gasteiger partial charge in [-0.2, -0.15) is 0 Å². The van der Waals surface area contributed by atoms with E-state index in [9.17, 15) is 9.18 Å². The van der Waals surface area contributed by atoms with Crippen molar-refractivity contribution in [2.24, 2.45) is 17.8 Å². The summed E-state index contributed by atoms with van der Waals surface area (Å²) in [5, 5.41) is 0. The molecule has 28 heavy (non-hydrogen) atoms. The molecule has 2 heteroatoms. The minimum Gasteiger partial charge on any atom is -0.294 e. The highest BCUT2D eigenvalue weighted by Gasteiger charge is 2.31. The van der Waals surface area contributed by atoms with Crippen LogP contribution < -0.4 is 0 Å². The van der Waals surface area contributed by atoms with Crippen molar-refractivity contribution in [2.45, 2.75) is 103 Å². The number of hydrogen-bond acceptors (Lipinski definition) is 1. The molecule has 3 rings (SSSR count). The van der Waals surface area contributed by atoms with Gasteiger partial charge in [0, 0.05) is 12.0 Å². The van der Waals surface area contributed by atoms with Crippen LogP contribution in [0, 0.1) is 23.6 Å². The maximum absolute atomic E-state index is 14.7. The van der Waals surface area contributed by atoms with Crippen LogP contribution in [0.1, 0.15) is 119 Å². The third-order valence-corrected chi connectivity index (χ3v) is 7.55. The molecule has 2 aliphatic carbocycles. The zero-order valence-corrected chi connectivity index (χ0v) is 18.0. The van der Waals surface area contributed by atoms with E-state index in [4.69, 9.17) is 0 Å². The van der Waals surface area contributed by atoms with Crippen molar-refractivity contribution in [3.8, 4) is 0 Å². The Kier molecular flexibility index (Phi) is 8.11. The molecule has 1 aromatic rings. The fourth-order valence-electron chi connectivity index (χ4n) is 5.77. The highest BCUT2D eigenvalue weighted by Crippen LogP contribution is 2.44. The Bertz CT molecular complexity index is 621. The maximum atomic E-state index is 14.7. The first kappa shape index (κ1) is 21.5. The second kappa shape index (κ2) is 10.6. The molecule has 156 valence electrons. The Labute approximate surface area is 171 Å². The number of hydrogen-bond donors (Lipinski definition) is 0. The van der Waals surface area contributed by atoms with Crippen molar-refractivity contribution < 1.29 is 9.18 Å². The molecule has 0 bridgehead atoms. The van der Waals surface area contributed by atoms with E-state index >= 15 is 0 Å². The molecule has 0 radical (unpaired) electrons. The SMILES string of the molecule is CCCCC(=O)c1ccc(C2CCC(C3CCC(CCC)CC3)CC2)c(F)c1. The second-order valence-electron chi connectivity index (χ2n) is 9.44. The van der Waals surface area contributed by atoms with Gasteiger partial charge in [-0.05, 0) is 80.2 Å². The van der Waals surface area contributed by atoms with Crippen molar-refractivity contribution in [3.05, 3.63) is 35.1 Å². The first-order valence-corrected chi connectivity index (χ1v) is 11.9. The topological polar surface area (TPSA) is 17.1 Å². The van der Waals surface area contributed by atoms with E-state index in [1.165, 1.54) is 57.4 Å². The molecule has 0 saturated heterocycles. The second-order valence-corrected chi connectivity index (χ2v) is 9.44. The monoisotopic (exact) mass is 386 g/mol. The molecule has 2 aliphatic rings. The molecule has 0 N–H and O–H groups in total. The Morgan fingerprint density at radius 3 is 2.14 bits per heavy atom. The Morgan fingerprint density at radius 2 is 1.57 bits per heavy atom. The molecule has 0 heterocycles. The third kappa shape index (κ3) is 5.45. The number of halogens is 1. The van der Waals surface area contributed by atoms with Gasteiger partial charge in [0.2, 0.25) is 0 Å².